The van der Waals surface area contributed by atoms with Gasteiger partial charge < -0.3 is 10.1 Å². The number of aliphatic hydroxyl groups is 1. The second kappa shape index (κ2) is 7.57. The maximum atomic E-state index is 13.0. The van der Waals surface area contributed by atoms with Crippen molar-refractivity contribution in [2.24, 2.45) is 11.7 Å². The van der Waals surface area contributed by atoms with Crippen molar-refractivity contribution in [1.82, 2.24) is 5.43 Å². The molecule has 0 bridgehead atoms. The molecule has 0 heterocycles. The maximum Gasteiger partial charge on any atom is 0.221 e. The van der Waals surface area contributed by atoms with Crippen molar-refractivity contribution in [1.29, 1.82) is 0 Å². The number of amides is 1. The standard InChI is InChI=1S/C8H11FN2O.CH4N2O/c1-11(10)8-4-2-3-7(9)6(8)5-12;2-3-1-4/h2-4,12H,5,10H2,1H3;1H,2H2,(H,3,4). The lowest BCUT2D eigenvalue weighted by Crippen LogP contribution is -2.26. The predicted molar refractivity (Wildman–Crippen MR) is 58.3 cm³/mol. The fourth-order valence-electron chi connectivity index (χ4n) is 1.03. The van der Waals surface area contributed by atoms with Gasteiger partial charge in [-0.3, -0.25) is 10.2 Å². The molecule has 0 aromatic heterocycles. The molecule has 0 unspecified atom stereocenters. The van der Waals surface area contributed by atoms with Gasteiger partial charge in [0, 0.05) is 12.6 Å². The second-order valence-corrected chi connectivity index (χ2v) is 2.79. The normalized spacial score (nSPS) is 8.81. The SMILES string of the molecule is CN(N)c1cccc(F)c1CO.NNC=O. The molecule has 16 heavy (non-hydrogen) atoms. The van der Waals surface area contributed by atoms with Gasteiger partial charge in [-0.15, -0.1) is 0 Å². The van der Waals surface area contributed by atoms with Gasteiger partial charge in [-0.2, -0.15) is 0 Å². The highest BCUT2D eigenvalue weighted by Crippen LogP contribution is 2.19. The molecule has 0 aliphatic carbocycles. The van der Waals surface area contributed by atoms with Crippen molar-refractivity contribution in [3.05, 3.63) is 29.6 Å². The Morgan fingerprint density at radius 2 is 2.19 bits per heavy atom. The maximum absolute atomic E-state index is 13.0. The first-order valence-corrected chi connectivity index (χ1v) is 4.34. The van der Waals surface area contributed by atoms with E-state index in [0.717, 1.165) is 0 Å². The van der Waals surface area contributed by atoms with E-state index < -0.39 is 5.82 Å². The Kier molecular flexibility index (Phi) is 6.77. The smallest absolute Gasteiger partial charge is 0.221 e. The molecule has 1 aromatic carbocycles. The number of nitrogens with one attached hydrogen (secondary N) is 1. The summed E-state index contributed by atoms with van der Waals surface area (Å²) in [6.45, 7) is -0.344. The minimum atomic E-state index is -0.438. The van der Waals surface area contributed by atoms with Gasteiger partial charge in [0.05, 0.1) is 12.3 Å². The molecule has 0 radical (unpaired) electrons. The molecular formula is C9H15FN4O2. The number of carbonyl (C=O) groups excluding carboxylic acids is 1. The van der Waals surface area contributed by atoms with Crippen LogP contribution in [0.1, 0.15) is 5.56 Å². The number of hydrazine groups is 2. The molecule has 90 valence electrons. The number of hydrogen-bond acceptors (Lipinski definition) is 5. The van der Waals surface area contributed by atoms with Crippen molar-refractivity contribution < 1.29 is 14.3 Å². The Morgan fingerprint density at radius 1 is 1.62 bits per heavy atom. The molecule has 0 saturated carbocycles. The highest BCUT2D eigenvalue weighted by molar-refractivity contribution is 5.52. The highest BCUT2D eigenvalue weighted by atomic mass is 19.1. The number of carbonyl (C=O) groups is 1. The number of rotatable bonds is 3. The van der Waals surface area contributed by atoms with E-state index in [-0.39, 0.29) is 12.2 Å². The van der Waals surface area contributed by atoms with Crippen LogP contribution < -0.4 is 22.1 Å². The third-order valence-corrected chi connectivity index (χ3v) is 1.70. The summed E-state index contributed by atoms with van der Waals surface area (Å²) in [6.07, 6.45) is 0.403. The van der Waals surface area contributed by atoms with Crippen LogP contribution in [0.25, 0.3) is 0 Å². The van der Waals surface area contributed by atoms with Crippen LogP contribution in [0, 0.1) is 5.82 Å². The van der Waals surface area contributed by atoms with Crippen molar-refractivity contribution in [2.75, 3.05) is 12.1 Å². The monoisotopic (exact) mass is 230 g/mol. The molecule has 0 fully saturated rings. The minimum Gasteiger partial charge on any atom is -0.391 e. The molecule has 6 N–H and O–H groups in total. The Morgan fingerprint density at radius 3 is 2.50 bits per heavy atom. The van der Waals surface area contributed by atoms with E-state index in [1.807, 2.05) is 0 Å². The summed E-state index contributed by atoms with van der Waals surface area (Å²) < 4.78 is 13.0. The zero-order chi connectivity index (χ0) is 12.6. The van der Waals surface area contributed by atoms with Crippen LogP contribution in [-0.4, -0.2) is 18.6 Å². The van der Waals surface area contributed by atoms with Crippen LogP contribution in [0.4, 0.5) is 10.1 Å². The van der Waals surface area contributed by atoms with Gasteiger partial charge in [0.2, 0.25) is 6.41 Å². The number of anilines is 1. The summed E-state index contributed by atoms with van der Waals surface area (Å²) in [5, 5.41) is 10.1. The van der Waals surface area contributed by atoms with Crippen molar-refractivity contribution in [3.8, 4) is 0 Å². The first-order chi connectivity index (χ1) is 7.58. The molecular weight excluding hydrogens is 215 g/mol. The van der Waals surface area contributed by atoms with Crippen LogP contribution in [0.3, 0.4) is 0 Å². The molecule has 0 aliphatic rings. The van der Waals surface area contributed by atoms with Gasteiger partial charge >= 0.3 is 0 Å². The summed E-state index contributed by atoms with van der Waals surface area (Å²) in [6, 6.07) is 4.49. The Labute approximate surface area is 92.6 Å². The molecule has 7 heteroatoms. The van der Waals surface area contributed by atoms with Crippen LogP contribution in [0.2, 0.25) is 0 Å². The molecule has 6 nitrogen and oxygen atoms in total. The van der Waals surface area contributed by atoms with E-state index in [1.165, 1.54) is 11.1 Å². The summed E-state index contributed by atoms with van der Waals surface area (Å²) in [5.74, 6) is 9.39. The summed E-state index contributed by atoms with van der Waals surface area (Å²) >= 11 is 0. The molecule has 1 rings (SSSR count). The lowest BCUT2D eigenvalue weighted by molar-refractivity contribution is -0.109. The van der Waals surface area contributed by atoms with Crippen LogP contribution in [0.15, 0.2) is 18.2 Å². The molecule has 1 amide bonds. The number of nitrogens with zero attached hydrogens (tertiary/aromatic N) is 1. The summed E-state index contributed by atoms with van der Waals surface area (Å²) in [7, 11) is 1.59. The van der Waals surface area contributed by atoms with Gasteiger partial charge in [0.25, 0.3) is 0 Å². The molecule has 0 saturated heterocycles. The average molecular weight is 230 g/mol. The van der Waals surface area contributed by atoms with Gasteiger partial charge in [-0.1, -0.05) is 6.07 Å². The van der Waals surface area contributed by atoms with E-state index in [1.54, 1.807) is 24.6 Å². The third-order valence-electron chi connectivity index (χ3n) is 1.70. The highest BCUT2D eigenvalue weighted by Gasteiger charge is 2.07. The largest absolute Gasteiger partial charge is 0.391 e. The van der Waals surface area contributed by atoms with E-state index in [4.69, 9.17) is 15.7 Å². The van der Waals surface area contributed by atoms with Crippen molar-refractivity contribution in [2.45, 2.75) is 6.61 Å². The zero-order valence-electron chi connectivity index (χ0n) is 8.85. The van der Waals surface area contributed by atoms with Gasteiger partial charge in [-0.25, -0.2) is 16.1 Å². The minimum absolute atomic E-state index is 0.225. The molecule has 0 spiro atoms. The number of benzene rings is 1. The van der Waals surface area contributed by atoms with E-state index in [2.05, 4.69) is 5.84 Å². The number of halogens is 1. The lowest BCUT2D eigenvalue weighted by atomic mass is 10.2. The molecule has 0 aliphatic heterocycles. The third kappa shape index (κ3) is 4.22. The number of hydrogen-bond donors (Lipinski definition) is 4. The molecule has 1 aromatic rings. The van der Waals surface area contributed by atoms with Gasteiger partial charge in [0.15, 0.2) is 0 Å². The quantitative estimate of drug-likeness (QED) is 0.236. The summed E-state index contributed by atoms with van der Waals surface area (Å²) in [4.78, 5) is 8.94. The van der Waals surface area contributed by atoms with E-state index in [0.29, 0.717) is 12.1 Å². The zero-order valence-corrected chi connectivity index (χ0v) is 8.85. The Balaban J connectivity index is 0.000000487. The fraction of sp³-hybridized carbons (Fsp3) is 0.222. The first-order valence-electron chi connectivity index (χ1n) is 4.34. The molecule has 0 atom stereocenters. The van der Waals surface area contributed by atoms with Crippen LogP contribution >= 0.6 is 0 Å². The number of aliphatic hydroxyl groups excluding tert-OH is 1. The predicted octanol–water partition coefficient (Wildman–Crippen LogP) is -0.766. The second-order valence-electron chi connectivity index (χ2n) is 2.79. The van der Waals surface area contributed by atoms with E-state index >= 15 is 0 Å². The summed E-state index contributed by atoms with van der Waals surface area (Å²) in [5.41, 5.74) is 2.47. The van der Waals surface area contributed by atoms with Crippen LogP contribution in [0.5, 0.6) is 0 Å². The van der Waals surface area contributed by atoms with Crippen LogP contribution in [-0.2, 0) is 11.4 Å². The van der Waals surface area contributed by atoms with Gasteiger partial charge in [-0.05, 0) is 12.1 Å². The van der Waals surface area contributed by atoms with E-state index in [9.17, 15) is 4.39 Å². The fourth-order valence-corrected chi connectivity index (χ4v) is 1.03. The topological polar surface area (TPSA) is 105 Å². The Hall–Kier alpha value is -1.70. The van der Waals surface area contributed by atoms with Crippen molar-refractivity contribution in [3.63, 3.8) is 0 Å². The first kappa shape index (κ1) is 14.3. The number of nitrogens with two attached hydrogens (primary N) is 2. The Bertz CT molecular complexity index is 333. The van der Waals surface area contributed by atoms with Crippen molar-refractivity contribution >= 4 is 12.1 Å². The van der Waals surface area contributed by atoms with Gasteiger partial charge in [0.1, 0.15) is 5.82 Å². The average Bonchev–Trinajstić information content (AvgIpc) is 2.29. The lowest BCUT2D eigenvalue weighted by Gasteiger charge is -2.15.